The van der Waals surface area contributed by atoms with Crippen LogP contribution >= 0.6 is 0 Å². The van der Waals surface area contributed by atoms with Gasteiger partial charge in [-0.3, -0.25) is 4.90 Å². The number of benzene rings is 1. The molecule has 4 heterocycles. The van der Waals surface area contributed by atoms with Gasteiger partial charge in [0.2, 0.25) is 0 Å². The first-order valence-electron chi connectivity index (χ1n) is 11.7. The van der Waals surface area contributed by atoms with Crippen LogP contribution in [-0.4, -0.2) is 51.8 Å². The van der Waals surface area contributed by atoms with Crippen LogP contribution in [0.4, 0.5) is 0 Å². The molecule has 2 N–H and O–H groups in total. The molecule has 2 fully saturated rings. The van der Waals surface area contributed by atoms with E-state index in [1.807, 2.05) is 19.2 Å². The van der Waals surface area contributed by atoms with Crippen molar-refractivity contribution in [2.45, 2.75) is 63.8 Å². The van der Waals surface area contributed by atoms with Crippen LogP contribution in [0.3, 0.4) is 0 Å². The van der Waals surface area contributed by atoms with Gasteiger partial charge in [-0.15, -0.1) is 0 Å². The van der Waals surface area contributed by atoms with Gasteiger partial charge >= 0.3 is 5.97 Å². The zero-order valence-electron chi connectivity index (χ0n) is 19.4. The molecule has 5 rings (SSSR count). The second-order valence-corrected chi connectivity index (χ2v) is 9.25. The van der Waals surface area contributed by atoms with E-state index in [4.69, 9.17) is 9.47 Å². The van der Waals surface area contributed by atoms with Gasteiger partial charge in [0, 0.05) is 48.1 Å². The third-order valence-corrected chi connectivity index (χ3v) is 7.56. The monoisotopic (exact) mass is 449 g/mol. The summed E-state index contributed by atoms with van der Waals surface area (Å²) in [6, 6.07) is 8.19. The Hall–Kier alpha value is -2.90. The van der Waals surface area contributed by atoms with Gasteiger partial charge in [0.15, 0.2) is 0 Å². The number of nitrogens with one attached hydrogen (secondary N) is 1. The number of methoxy groups -OCH3 is 1. The number of H-pyrrole nitrogens is 1. The Morgan fingerprint density at radius 3 is 2.91 bits per heavy atom. The van der Waals surface area contributed by atoms with Gasteiger partial charge in [0.1, 0.15) is 11.4 Å². The Kier molecular flexibility index (Phi) is 5.62. The van der Waals surface area contributed by atoms with Gasteiger partial charge in [-0.2, -0.15) is 0 Å². The topological polar surface area (TPSA) is 87.7 Å². The van der Waals surface area contributed by atoms with Crippen molar-refractivity contribution in [3.8, 4) is 5.75 Å². The summed E-state index contributed by atoms with van der Waals surface area (Å²) in [5.41, 5.74) is 4.38. The summed E-state index contributed by atoms with van der Waals surface area (Å²) in [5, 5.41) is 10.5. The second-order valence-electron chi connectivity index (χ2n) is 9.25. The summed E-state index contributed by atoms with van der Waals surface area (Å²) in [5.74, 6) is -0.101. The number of aromatic amines is 1. The Bertz CT molecular complexity index is 1170. The van der Waals surface area contributed by atoms with Crippen LogP contribution in [0.2, 0.25) is 0 Å². The molecule has 3 aromatic rings. The highest BCUT2D eigenvalue weighted by Crippen LogP contribution is 2.52. The van der Waals surface area contributed by atoms with Crippen LogP contribution in [0.25, 0.3) is 10.9 Å². The van der Waals surface area contributed by atoms with Crippen LogP contribution in [0.1, 0.15) is 59.8 Å². The predicted octanol–water partition coefficient (Wildman–Crippen LogP) is 4.64. The molecule has 3 atom stereocenters. The van der Waals surface area contributed by atoms with Crippen molar-refractivity contribution in [3.63, 3.8) is 0 Å². The number of fused-ring (bicyclic) bond motifs is 3. The summed E-state index contributed by atoms with van der Waals surface area (Å²) < 4.78 is 12.0. The highest BCUT2D eigenvalue weighted by Gasteiger charge is 2.53. The number of nitrogens with zero attached hydrogens (tertiary/aromatic N) is 2. The molecular formula is C26H31N3O4. The first-order chi connectivity index (χ1) is 16.0. The molecule has 0 aliphatic carbocycles. The fourth-order valence-electron chi connectivity index (χ4n) is 6.10. The maximum Gasteiger partial charge on any atom is 0.354 e. The first-order valence-corrected chi connectivity index (χ1v) is 11.7. The smallest absolute Gasteiger partial charge is 0.354 e. The lowest BCUT2D eigenvalue weighted by Gasteiger charge is -2.48. The molecule has 1 unspecified atom stereocenters. The molecule has 33 heavy (non-hydrogen) atoms. The van der Waals surface area contributed by atoms with Gasteiger partial charge in [0.25, 0.3) is 0 Å². The molecule has 7 heteroatoms. The number of carboxylic acid groups (broad SMARTS) is 1. The number of aromatic nitrogens is 2. The van der Waals surface area contributed by atoms with Crippen LogP contribution in [0.5, 0.6) is 5.75 Å². The van der Waals surface area contributed by atoms with E-state index >= 15 is 0 Å². The maximum atomic E-state index is 11.4. The van der Waals surface area contributed by atoms with E-state index in [1.54, 1.807) is 19.4 Å². The number of carboxylic acids is 1. The SMILES string of the molecule is CCO[C@@H]1C[C@H]2CCC(c3ccc(C(=O)O)nc3)(C1)N2Cc1c(OC)cc(C)c2[nH]ccc12. The Balaban J connectivity index is 1.59. The highest BCUT2D eigenvalue weighted by atomic mass is 16.5. The Morgan fingerprint density at radius 2 is 2.21 bits per heavy atom. The number of hydrogen-bond acceptors (Lipinski definition) is 5. The van der Waals surface area contributed by atoms with E-state index in [-0.39, 0.29) is 17.3 Å². The lowest BCUT2D eigenvalue weighted by Crippen LogP contribution is -2.52. The van der Waals surface area contributed by atoms with Crippen LogP contribution in [-0.2, 0) is 16.8 Å². The zero-order chi connectivity index (χ0) is 23.2. The van der Waals surface area contributed by atoms with Crippen molar-refractivity contribution in [2.75, 3.05) is 13.7 Å². The highest BCUT2D eigenvalue weighted by molar-refractivity contribution is 5.88. The minimum atomic E-state index is -1.00. The molecule has 2 aliphatic heterocycles. The van der Waals surface area contributed by atoms with E-state index in [0.29, 0.717) is 12.6 Å². The van der Waals surface area contributed by atoms with Gasteiger partial charge in [-0.05, 0) is 68.9 Å². The largest absolute Gasteiger partial charge is 0.496 e. The Morgan fingerprint density at radius 1 is 1.36 bits per heavy atom. The van der Waals surface area contributed by atoms with Crippen LogP contribution in [0, 0.1) is 6.92 Å². The number of aryl methyl sites for hydroxylation is 1. The Labute approximate surface area is 193 Å². The van der Waals surface area contributed by atoms with E-state index in [0.717, 1.165) is 54.6 Å². The normalized spacial score (nSPS) is 24.9. The lowest BCUT2D eigenvalue weighted by atomic mass is 9.80. The number of pyridine rings is 1. The number of hydrogen-bond donors (Lipinski definition) is 2. The average Bonchev–Trinajstić information content (AvgIpc) is 3.38. The molecule has 2 saturated heterocycles. The van der Waals surface area contributed by atoms with Crippen molar-refractivity contribution in [1.29, 1.82) is 0 Å². The van der Waals surface area contributed by atoms with Gasteiger partial charge in [-0.1, -0.05) is 6.07 Å². The molecule has 0 amide bonds. The zero-order valence-corrected chi connectivity index (χ0v) is 19.4. The van der Waals surface area contributed by atoms with Gasteiger partial charge in [0.05, 0.1) is 18.8 Å². The van der Waals surface area contributed by atoms with E-state index < -0.39 is 5.97 Å². The number of piperidine rings is 1. The summed E-state index contributed by atoms with van der Waals surface area (Å²) in [6.07, 6.45) is 7.88. The third kappa shape index (κ3) is 3.60. The molecule has 0 saturated carbocycles. The van der Waals surface area contributed by atoms with Crippen LogP contribution in [0.15, 0.2) is 36.7 Å². The first kappa shape index (κ1) is 21.9. The van der Waals surface area contributed by atoms with Crippen molar-refractivity contribution in [3.05, 3.63) is 59.0 Å². The number of carbonyl (C=O) groups is 1. The van der Waals surface area contributed by atoms with Crippen molar-refractivity contribution < 1.29 is 19.4 Å². The fraction of sp³-hybridized carbons (Fsp3) is 0.462. The third-order valence-electron chi connectivity index (χ3n) is 7.56. The summed E-state index contributed by atoms with van der Waals surface area (Å²) >= 11 is 0. The maximum absolute atomic E-state index is 11.4. The van der Waals surface area contributed by atoms with Crippen LogP contribution < -0.4 is 4.74 Å². The minimum absolute atomic E-state index is 0.0719. The van der Waals surface area contributed by atoms with E-state index in [1.165, 1.54) is 10.9 Å². The number of ether oxygens (including phenoxy) is 2. The fourth-order valence-corrected chi connectivity index (χ4v) is 6.10. The van der Waals surface area contributed by atoms with Gasteiger partial charge in [-0.25, -0.2) is 9.78 Å². The molecular weight excluding hydrogens is 418 g/mol. The molecule has 2 bridgehead atoms. The summed E-state index contributed by atoms with van der Waals surface area (Å²) in [7, 11) is 1.73. The molecule has 0 radical (unpaired) electrons. The minimum Gasteiger partial charge on any atom is -0.496 e. The second kappa shape index (κ2) is 8.47. The van der Waals surface area contributed by atoms with Crippen molar-refractivity contribution in [2.24, 2.45) is 0 Å². The molecule has 0 spiro atoms. The summed E-state index contributed by atoms with van der Waals surface area (Å²) in [6.45, 7) is 5.59. The molecule has 2 aliphatic rings. The lowest BCUT2D eigenvalue weighted by molar-refractivity contribution is -0.0594. The molecule has 174 valence electrons. The quantitative estimate of drug-likeness (QED) is 0.547. The van der Waals surface area contributed by atoms with Crippen molar-refractivity contribution >= 4 is 16.9 Å². The van der Waals surface area contributed by atoms with E-state index in [9.17, 15) is 9.90 Å². The van der Waals surface area contributed by atoms with Gasteiger partial charge < -0.3 is 19.6 Å². The predicted molar refractivity (Wildman–Crippen MR) is 126 cm³/mol. The molecule has 1 aromatic carbocycles. The molecule has 7 nitrogen and oxygen atoms in total. The number of aromatic carboxylic acids is 1. The molecule has 2 aromatic heterocycles. The number of rotatable bonds is 7. The average molecular weight is 450 g/mol. The standard InChI is InChI=1S/C26H31N3O4/c1-4-33-19-12-18-7-9-26(13-19,17-5-6-22(25(30)31)28-14-17)29(18)15-21-20-8-10-27-24(20)16(2)11-23(21)32-3/h5-6,8,10-11,14,18-19,27H,4,7,9,12-13,15H2,1-3H3,(H,30,31)/t18-,19-,26?/m1/s1. The van der Waals surface area contributed by atoms with Crippen molar-refractivity contribution in [1.82, 2.24) is 14.9 Å². The summed E-state index contributed by atoms with van der Waals surface area (Å²) in [4.78, 5) is 21.6. The van der Waals surface area contributed by atoms with E-state index in [2.05, 4.69) is 33.9 Å².